The van der Waals surface area contributed by atoms with Gasteiger partial charge in [0.05, 0.1) is 11.9 Å². The van der Waals surface area contributed by atoms with Crippen molar-refractivity contribution in [2.45, 2.75) is 6.54 Å². The molecule has 4 nitrogen and oxygen atoms in total. The molecule has 0 radical (unpaired) electrons. The van der Waals surface area contributed by atoms with E-state index in [1.54, 1.807) is 0 Å². The summed E-state index contributed by atoms with van der Waals surface area (Å²) in [6, 6.07) is 18.4. The standard InChI is InChI=1S/C18H24N4/c1-22(2)13-12-19-14-17-8-10-18(11-9-17)21-20-15-16-6-4-3-5-7-16/h3-11,15,19,21H,12-14H2,1-2H3/b20-15+. The van der Waals surface area contributed by atoms with Crippen molar-refractivity contribution >= 4 is 11.9 Å². The maximum absolute atomic E-state index is 4.24. The zero-order valence-electron chi connectivity index (χ0n) is 13.3. The van der Waals surface area contributed by atoms with Gasteiger partial charge >= 0.3 is 0 Å². The molecular weight excluding hydrogens is 272 g/mol. The first-order chi connectivity index (χ1) is 10.7. The van der Waals surface area contributed by atoms with E-state index >= 15 is 0 Å². The number of hydrogen-bond acceptors (Lipinski definition) is 4. The second-order valence-corrected chi connectivity index (χ2v) is 5.46. The van der Waals surface area contributed by atoms with Crippen LogP contribution >= 0.6 is 0 Å². The predicted molar refractivity (Wildman–Crippen MR) is 94.4 cm³/mol. The molecule has 0 saturated heterocycles. The maximum atomic E-state index is 4.24. The molecule has 0 aromatic heterocycles. The van der Waals surface area contributed by atoms with Gasteiger partial charge in [-0.1, -0.05) is 42.5 Å². The highest BCUT2D eigenvalue weighted by molar-refractivity contribution is 5.80. The van der Waals surface area contributed by atoms with Crippen LogP contribution in [0.3, 0.4) is 0 Å². The highest BCUT2D eigenvalue weighted by Gasteiger charge is 1.95. The molecule has 0 heterocycles. The fourth-order valence-electron chi connectivity index (χ4n) is 1.95. The Kier molecular flexibility index (Phi) is 6.61. The zero-order valence-corrected chi connectivity index (χ0v) is 13.3. The monoisotopic (exact) mass is 296 g/mol. The second kappa shape index (κ2) is 8.97. The molecule has 2 N–H and O–H groups in total. The normalized spacial score (nSPS) is 11.2. The molecule has 0 spiro atoms. The Morgan fingerprint density at radius 2 is 1.73 bits per heavy atom. The average molecular weight is 296 g/mol. The van der Waals surface area contributed by atoms with E-state index in [0.29, 0.717) is 0 Å². The van der Waals surface area contributed by atoms with E-state index in [-0.39, 0.29) is 0 Å². The van der Waals surface area contributed by atoms with Crippen molar-refractivity contribution in [3.8, 4) is 0 Å². The van der Waals surface area contributed by atoms with Crippen molar-refractivity contribution in [1.29, 1.82) is 0 Å². The summed E-state index contributed by atoms with van der Waals surface area (Å²) in [5, 5.41) is 7.67. The summed E-state index contributed by atoms with van der Waals surface area (Å²) >= 11 is 0. The van der Waals surface area contributed by atoms with Gasteiger partial charge in [0.2, 0.25) is 0 Å². The Hall–Kier alpha value is -2.17. The lowest BCUT2D eigenvalue weighted by atomic mass is 10.2. The van der Waals surface area contributed by atoms with E-state index in [9.17, 15) is 0 Å². The minimum atomic E-state index is 0.890. The van der Waals surface area contributed by atoms with Crippen LogP contribution in [0.15, 0.2) is 59.7 Å². The van der Waals surface area contributed by atoms with Crippen molar-refractivity contribution in [2.75, 3.05) is 32.6 Å². The summed E-state index contributed by atoms with van der Waals surface area (Å²) in [6.07, 6.45) is 1.82. The molecule has 0 saturated carbocycles. The zero-order chi connectivity index (χ0) is 15.6. The quantitative estimate of drug-likeness (QED) is 0.447. The molecule has 2 aromatic carbocycles. The number of benzene rings is 2. The average Bonchev–Trinajstić information content (AvgIpc) is 2.54. The topological polar surface area (TPSA) is 39.7 Å². The van der Waals surface area contributed by atoms with E-state index in [0.717, 1.165) is 30.9 Å². The maximum Gasteiger partial charge on any atom is 0.0562 e. The van der Waals surface area contributed by atoms with Gasteiger partial charge < -0.3 is 10.2 Å². The van der Waals surface area contributed by atoms with Crippen LogP contribution in [0.5, 0.6) is 0 Å². The van der Waals surface area contributed by atoms with Crippen molar-refractivity contribution in [3.63, 3.8) is 0 Å². The van der Waals surface area contributed by atoms with E-state index in [2.05, 4.69) is 47.0 Å². The molecule has 0 aliphatic heterocycles. The molecule has 116 valence electrons. The van der Waals surface area contributed by atoms with Crippen molar-refractivity contribution in [3.05, 3.63) is 65.7 Å². The Labute approximate surface area is 132 Å². The van der Waals surface area contributed by atoms with Crippen LogP contribution in [-0.2, 0) is 6.54 Å². The van der Waals surface area contributed by atoms with Crippen LogP contribution in [-0.4, -0.2) is 38.3 Å². The van der Waals surface area contributed by atoms with E-state index < -0.39 is 0 Å². The minimum absolute atomic E-state index is 0.890. The lowest BCUT2D eigenvalue weighted by molar-refractivity contribution is 0.400. The highest BCUT2D eigenvalue weighted by atomic mass is 15.3. The number of nitrogens with one attached hydrogen (secondary N) is 2. The van der Waals surface area contributed by atoms with Crippen LogP contribution < -0.4 is 10.7 Å². The van der Waals surface area contributed by atoms with Gasteiger partial charge in [-0.3, -0.25) is 5.43 Å². The number of nitrogens with zero attached hydrogens (tertiary/aromatic N) is 2. The van der Waals surface area contributed by atoms with Gasteiger partial charge in [0.1, 0.15) is 0 Å². The molecule has 0 bridgehead atoms. The Bertz CT molecular complexity index is 561. The summed E-state index contributed by atoms with van der Waals surface area (Å²) in [5.41, 5.74) is 6.39. The van der Waals surface area contributed by atoms with Crippen molar-refractivity contribution < 1.29 is 0 Å². The number of anilines is 1. The first kappa shape index (κ1) is 16.2. The van der Waals surface area contributed by atoms with Crippen molar-refractivity contribution in [1.82, 2.24) is 10.2 Å². The molecule has 22 heavy (non-hydrogen) atoms. The number of rotatable bonds is 8. The largest absolute Gasteiger partial charge is 0.311 e. The molecule has 2 rings (SSSR count). The molecule has 0 unspecified atom stereocenters. The Balaban J connectivity index is 1.76. The number of hydrogen-bond donors (Lipinski definition) is 2. The second-order valence-electron chi connectivity index (χ2n) is 5.46. The summed E-state index contributed by atoms with van der Waals surface area (Å²) < 4.78 is 0. The summed E-state index contributed by atoms with van der Waals surface area (Å²) in [7, 11) is 4.16. The summed E-state index contributed by atoms with van der Waals surface area (Å²) in [4.78, 5) is 2.17. The van der Waals surface area contributed by atoms with Crippen LogP contribution in [0.25, 0.3) is 0 Å². The SMILES string of the molecule is CN(C)CCNCc1ccc(N/N=C/c2ccccc2)cc1. The van der Waals surface area contributed by atoms with E-state index in [1.807, 2.05) is 48.7 Å². The minimum Gasteiger partial charge on any atom is -0.311 e. The molecule has 0 aliphatic carbocycles. The molecule has 0 amide bonds. The van der Waals surface area contributed by atoms with Gasteiger partial charge in [0, 0.05) is 19.6 Å². The highest BCUT2D eigenvalue weighted by Crippen LogP contribution is 2.09. The van der Waals surface area contributed by atoms with Crippen LogP contribution in [0.2, 0.25) is 0 Å². The molecule has 0 fully saturated rings. The summed E-state index contributed by atoms with van der Waals surface area (Å²) in [6.45, 7) is 2.93. The predicted octanol–water partition coefficient (Wildman–Crippen LogP) is 2.78. The molecule has 0 atom stereocenters. The summed E-state index contributed by atoms with van der Waals surface area (Å²) in [5.74, 6) is 0. The lowest BCUT2D eigenvalue weighted by Gasteiger charge is -2.10. The Morgan fingerprint density at radius 1 is 1.00 bits per heavy atom. The van der Waals surface area contributed by atoms with E-state index in [4.69, 9.17) is 0 Å². The third kappa shape index (κ3) is 6.08. The van der Waals surface area contributed by atoms with Gasteiger partial charge in [0.15, 0.2) is 0 Å². The number of likely N-dealkylation sites (N-methyl/N-ethyl adjacent to an activating group) is 1. The van der Waals surface area contributed by atoms with Gasteiger partial charge in [-0.25, -0.2) is 0 Å². The first-order valence-electron chi connectivity index (χ1n) is 7.52. The molecular formula is C18H24N4. The van der Waals surface area contributed by atoms with Crippen molar-refractivity contribution in [2.24, 2.45) is 5.10 Å². The first-order valence-corrected chi connectivity index (χ1v) is 7.52. The van der Waals surface area contributed by atoms with Crippen LogP contribution in [0.4, 0.5) is 5.69 Å². The molecule has 4 heteroatoms. The third-order valence-electron chi connectivity index (χ3n) is 3.23. The third-order valence-corrected chi connectivity index (χ3v) is 3.23. The fraction of sp³-hybridized carbons (Fsp3) is 0.278. The number of hydrazone groups is 1. The smallest absolute Gasteiger partial charge is 0.0562 e. The molecule has 0 aliphatic rings. The van der Waals surface area contributed by atoms with Gasteiger partial charge in [-0.2, -0.15) is 5.10 Å². The van der Waals surface area contributed by atoms with Gasteiger partial charge in [0.25, 0.3) is 0 Å². The van der Waals surface area contributed by atoms with E-state index in [1.165, 1.54) is 5.56 Å². The Morgan fingerprint density at radius 3 is 2.41 bits per heavy atom. The fourth-order valence-corrected chi connectivity index (χ4v) is 1.95. The molecule has 2 aromatic rings. The van der Waals surface area contributed by atoms with Gasteiger partial charge in [-0.15, -0.1) is 0 Å². The van der Waals surface area contributed by atoms with Gasteiger partial charge in [-0.05, 0) is 37.4 Å². The van der Waals surface area contributed by atoms with Crippen LogP contribution in [0, 0.1) is 0 Å². The lowest BCUT2D eigenvalue weighted by Crippen LogP contribution is -2.26. The van der Waals surface area contributed by atoms with Crippen LogP contribution in [0.1, 0.15) is 11.1 Å².